The molecule has 6 heteroatoms. The highest BCUT2D eigenvalue weighted by atomic mass is 32.2. The number of nitrogens with zero attached hydrogens (tertiary/aromatic N) is 3. The molecule has 1 amide bonds. The Morgan fingerprint density at radius 3 is 2.83 bits per heavy atom. The van der Waals surface area contributed by atoms with Crippen molar-refractivity contribution in [3.05, 3.63) is 23.5 Å². The molecule has 0 spiro atoms. The molecule has 3 heterocycles. The van der Waals surface area contributed by atoms with E-state index in [4.69, 9.17) is 0 Å². The van der Waals surface area contributed by atoms with E-state index in [-0.39, 0.29) is 11.9 Å². The van der Waals surface area contributed by atoms with E-state index in [0.717, 1.165) is 16.9 Å². The van der Waals surface area contributed by atoms with Crippen LogP contribution in [-0.4, -0.2) is 33.3 Å². The van der Waals surface area contributed by atoms with E-state index in [9.17, 15) is 14.4 Å². The smallest absolute Gasteiger partial charge is 0.229 e. The van der Waals surface area contributed by atoms with Crippen LogP contribution in [0.2, 0.25) is 0 Å². The lowest BCUT2D eigenvalue weighted by Crippen LogP contribution is -2.41. The van der Waals surface area contributed by atoms with Crippen LogP contribution in [0.15, 0.2) is 17.3 Å². The molecule has 2 aliphatic carbocycles. The quantitative estimate of drug-likeness (QED) is 0.784. The van der Waals surface area contributed by atoms with Gasteiger partial charge in [-0.15, -0.1) is 11.8 Å². The number of pyridine rings is 1. The van der Waals surface area contributed by atoms with Gasteiger partial charge in [0.1, 0.15) is 11.7 Å². The first-order chi connectivity index (χ1) is 11.5. The van der Waals surface area contributed by atoms with Crippen molar-refractivity contribution < 1.29 is 9.18 Å². The largest absolute Gasteiger partial charge is 0.334 e. The van der Waals surface area contributed by atoms with Gasteiger partial charge in [-0.1, -0.05) is 0 Å². The number of aromatic nitrogens is 1. The molecule has 24 heavy (non-hydrogen) atoms. The number of halogens is 1. The third kappa shape index (κ3) is 1.85. The van der Waals surface area contributed by atoms with Crippen molar-refractivity contribution >= 4 is 17.7 Å². The number of carbonyl (C=O) groups is 1. The minimum atomic E-state index is -1.10. The van der Waals surface area contributed by atoms with Gasteiger partial charge in [0.15, 0.2) is 0 Å². The summed E-state index contributed by atoms with van der Waals surface area (Å²) in [5.41, 5.74) is 0.0217. The Kier molecular flexibility index (Phi) is 2.90. The minimum Gasteiger partial charge on any atom is -0.334 e. The number of thioether (sulfide) groups is 1. The number of hydrogen-bond acceptors (Lipinski definition) is 4. The van der Waals surface area contributed by atoms with Gasteiger partial charge in [-0.3, -0.25) is 9.78 Å². The first-order valence-corrected chi connectivity index (χ1v) is 9.46. The maximum absolute atomic E-state index is 14.6. The Hall–Kier alpha value is -1.61. The summed E-state index contributed by atoms with van der Waals surface area (Å²) in [5, 5.41) is 9.65. The first-order valence-electron chi connectivity index (χ1n) is 8.58. The van der Waals surface area contributed by atoms with Gasteiger partial charge in [-0.05, 0) is 38.5 Å². The summed E-state index contributed by atoms with van der Waals surface area (Å²) in [6.45, 7) is 0.703. The van der Waals surface area contributed by atoms with Crippen LogP contribution in [-0.2, 0) is 4.79 Å². The molecule has 4 nitrogen and oxygen atoms in total. The lowest BCUT2D eigenvalue weighted by molar-refractivity contribution is -0.142. The SMILES string of the molecule is N#Cc1cncc2c1S[C@H]1C[C@@H]2N(C(=O)C23CCC(F)(CC2)C3)C1. The molecule has 124 valence electrons. The van der Waals surface area contributed by atoms with Crippen molar-refractivity contribution in [2.24, 2.45) is 5.41 Å². The highest BCUT2D eigenvalue weighted by Crippen LogP contribution is 2.60. The van der Waals surface area contributed by atoms with Gasteiger partial charge in [0.05, 0.1) is 17.0 Å². The number of amides is 1. The first kappa shape index (κ1) is 14.7. The molecule has 2 saturated carbocycles. The van der Waals surface area contributed by atoms with E-state index < -0.39 is 11.1 Å². The van der Waals surface area contributed by atoms with Crippen LogP contribution in [0.1, 0.15) is 55.7 Å². The monoisotopic (exact) mass is 343 g/mol. The topological polar surface area (TPSA) is 57.0 Å². The van der Waals surface area contributed by atoms with E-state index in [1.165, 1.54) is 0 Å². The molecule has 4 bridgehead atoms. The molecule has 4 aliphatic rings. The van der Waals surface area contributed by atoms with Gasteiger partial charge in [-0.25, -0.2) is 4.39 Å². The van der Waals surface area contributed by atoms with E-state index in [1.807, 2.05) is 4.90 Å². The number of nitriles is 1. The molecule has 1 aromatic heterocycles. The normalized spacial score (nSPS) is 38.9. The summed E-state index contributed by atoms with van der Waals surface area (Å²) in [6, 6.07) is 2.22. The lowest BCUT2D eigenvalue weighted by Gasteiger charge is -2.34. The zero-order valence-corrected chi connectivity index (χ0v) is 14.1. The maximum atomic E-state index is 14.6. The predicted octanol–water partition coefficient (Wildman–Crippen LogP) is 3.37. The molecular weight excluding hydrogens is 325 g/mol. The highest BCUT2D eigenvalue weighted by Gasteiger charge is 2.61. The Morgan fingerprint density at radius 1 is 1.38 bits per heavy atom. The van der Waals surface area contributed by atoms with Crippen molar-refractivity contribution in [3.8, 4) is 6.07 Å². The molecule has 3 fully saturated rings. The average Bonchev–Trinajstić information content (AvgIpc) is 3.23. The summed E-state index contributed by atoms with van der Waals surface area (Å²) in [4.78, 5) is 20.5. The molecule has 1 aromatic rings. The van der Waals surface area contributed by atoms with Crippen LogP contribution in [0.5, 0.6) is 0 Å². The van der Waals surface area contributed by atoms with Crippen molar-refractivity contribution in [3.63, 3.8) is 0 Å². The molecule has 0 radical (unpaired) electrons. The predicted molar refractivity (Wildman–Crippen MR) is 87.0 cm³/mol. The van der Waals surface area contributed by atoms with Crippen LogP contribution in [0, 0.1) is 16.7 Å². The third-order valence-electron chi connectivity index (χ3n) is 6.42. The molecule has 2 atom stereocenters. The summed E-state index contributed by atoms with van der Waals surface area (Å²) in [5.74, 6) is 0.142. The number of hydrogen-bond donors (Lipinski definition) is 0. The van der Waals surface area contributed by atoms with Crippen molar-refractivity contribution in [2.75, 3.05) is 6.54 Å². The number of alkyl halides is 1. The number of carbonyl (C=O) groups excluding carboxylic acids is 1. The summed E-state index contributed by atoms with van der Waals surface area (Å²) >= 11 is 1.70. The Labute approximate surface area is 144 Å². The van der Waals surface area contributed by atoms with Crippen molar-refractivity contribution in [2.45, 2.75) is 60.4 Å². The zero-order valence-electron chi connectivity index (χ0n) is 13.3. The molecule has 0 aromatic carbocycles. The molecular formula is C18H18FN3OS. The van der Waals surface area contributed by atoms with Gasteiger partial charge in [-0.2, -0.15) is 5.26 Å². The van der Waals surface area contributed by atoms with Crippen LogP contribution in [0.3, 0.4) is 0 Å². The number of rotatable bonds is 1. The zero-order chi connectivity index (χ0) is 16.5. The van der Waals surface area contributed by atoms with Gasteiger partial charge < -0.3 is 4.90 Å². The Bertz CT molecular complexity index is 781. The van der Waals surface area contributed by atoms with Crippen molar-refractivity contribution in [1.82, 2.24) is 9.88 Å². The Balaban J connectivity index is 1.51. The lowest BCUT2D eigenvalue weighted by atomic mass is 9.82. The second kappa shape index (κ2) is 4.72. The molecule has 1 saturated heterocycles. The maximum Gasteiger partial charge on any atom is 0.229 e. The fourth-order valence-corrected chi connectivity index (χ4v) is 6.61. The van der Waals surface area contributed by atoms with Gasteiger partial charge in [0.25, 0.3) is 0 Å². The molecule has 0 N–H and O–H groups in total. The minimum absolute atomic E-state index is 0.00383. The van der Waals surface area contributed by atoms with Crippen LogP contribution >= 0.6 is 11.8 Å². The number of fused-ring (bicyclic) bond motifs is 6. The fraction of sp³-hybridized carbons (Fsp3) is 0.611. The van der Waals surface area contributed by atoms with Gasteiger partial charge in [0, 0.05) is 34.6 Å². The number of likely N-dealkylation sites (tertiary alicyclic amines) is 1. The third-order valence-corrected chi connectivity index (χ3v) is 7.79. The summed E-state index contributed by atoms with van der Waals surface area (Å²) in [7, 11) is 0. The van der Waals surface area contributed by atoms with Crippen LogP contribution in [0.25, 0.3) is 0 Å². The van der Waals surface area contributed by atoms with Crippen molar-refractivity contribution in [1.29, 1.82) is 5.26 Å². The second-order valence-electron chi connectivity index (χ2n) is 7.77. The molecule has 2 aliphatic heterocycles. The average molecular weight is 343 g/mol. The summed E-state index contributed by atoms with van der Waals surface area (Å²) < 4.78 is 14.6. The van der Waals surface area contributed by atoms with Gasteiger partial charge in [0.2, 0.25) is 5.91 Å². The fourth-order valence-electron chi connectivity index (χ4n) is 5.21. The van der Waals surface area contributed by atoms with E-state index in [2.05, 4.69) is 11.1 Å². The van der Waals surface area contributed by atoms with E-state index in [0.29, 0.717) is 49.5 Å². The molecule has 0 unspecified atom stereocenters. The van der Waals surface area contributed by atoms with Crippen LogP contribution < -0.4 is 0 Å². The van der Waals surface area contributed by atoms with E-state index in [1.54, 1.807) is 24.2 Å². The van der Waals surface area contributed by atoms with E-state index >= 15 is 0 Å². The Morgan fingerprint density at radius 2 is 2.17 bits per heavy atom. The standard InChI is InChI=1S/C18H18FN3OS/c19-18-3-1-17(10-18,2-4-18)16(23)22-9-12-5-14(22)13-8-21-7-11(6-20)15(13)24-12/h7-8,12,14H,1-5,9-10H2/t12-,14-,17?,18?/m0/s1. The highest BCUT2D eigenvalue weighted by molar-refractivity contribution is 8.00. The van der Waals surface area contributed by atoms with Gasteiger partial charge >= 0.3 is 0 Å². The molecule has 5 rings (SSSR count). The summed E-state index contributed by atoms with van der Waals surface area (Å²) in [6.07, 6.45) is 7.17. The second-order valence-corrected chi connectivity index (χ2v) is 9.08. The van der Waals surface area contributed by atoms with Crippen LogP contribution in [0.4, 0.5) is 4.39 Å².